The highest BCUT2D eigenvalue weighted by Crippen LogP contribution is 2.37. The molecule has 5 nitrogen and oxygen atoms in total. The number of amides is 1. The number of thiocarbonyl (C=S) groups is 1. The Labute approximate surface area is 222 Å². The minimum absolute atomic E-state index is 0.132. The van der Waals surface area contributed by atoms with Gasteiger partial charge in [0.15, 0.2) is 10.7 Å². The predicted molar refractivity (Wildman–Crippen MR) is 145 cm³/mol. The second kappa shape index (κ2) is 9.34. The molecule has 0 fully saturated rings. The Morgan fingerprint density at radius 3 is 2.50 bits per heavy atom. The number of oxazole rings is 1. The van der Waals surface area contributed by atoms with E-state index in [0.29, 0.717) is 47.6 Å². The van der Waals surface area contributed by atoms with Crippen LogP contribution in [0.3, 0.4) is 0 Å². The molecule has 34 heavy (non-hydrogen) atoms. The summed E-state index contributed by atoms with van der Waals surface area (Å²) in [6.07, 6.45) is 0. The lowest BCUT2D eigenvalue weighted by Gasteiger charge is -2.09. The van der Waals surface area contributed by atoms with Gasteiger partial charge in [0.1, 0.15) is 10.4 Å². The highest BCUT2D eigenvalue weighted by molar-refractivity contribution is 7.80. The van der Waals surface area contributed by atoms with Crippen molar-refractivity contribution in [1.82, 2.24) is 10.3 Å². The lowest BCUT2D eigenvalue weighted by atomic mass is 10.2. The van der Waals surface area contributed by atoms with Crippen molar-refractivity contribution in [3.8, 4) is 11.5 Å². The molecule has 0 radical (unpaired) electrons. The quantitative estimate of drug-likeness (QED) is 0.214. The first-order chi connectivity index (χ1) is 16.3. The second-order valence-electron chi connectivity index (χ2n) is 7.13. The summed E-state index contributed by atoms with van der Waals surface area (Å²) >= 11 is 31.2. The molecule has 170 valence electrons. The molecule has 1 amide bonds. The Morgan fingerprint density at radius 2 is 1.74 bits per heavy atom. The summed E-state index contributed by atoms with van der Waals surface area (Å²) in [5.74, 6) is -0.000407. The lowest BCUT2D eigenvalue weighted by Crippen LogP contribution is -2.33. The number of aromatic nitrogens is 1. The van der Waals surface area contributed by atoms with Crippen LogP contribution in [0.2, 0.25) is 20.1 Å². The van der Waals surface area contributed by atoms with Gasteiger partial charge in [-0.15, -0.1) is 11.3 Å². The molecule has 2 N–H and O–H groups in total. The average molecular weight is 567 g/mol. The number of carbonyl (C=O) groups excluding carboxylic acids is 1. The van der Waals surface area contributed by atoms with Crippen LogP contribution in [0.1, 0.15) is 9.67 Å². The monoisotopic (exact) mass is 565 g/mol. The second-order valence-corrected chi connectivity index (χ2v) is 10.2. The zero-order valence-corrected chi connectivity index (χ0v) is 21.4. The maximum atomic E-state index is 12.7. The minimum atomic E-state index is -0.404. The number of nitrogens with one attached hydrogen (secondary N) is 2. The van der Waals surface area contributed by atoms with Gasteiger partial charge in [0.25, 0.3) is 5.91 Å². The van der Waals surface area contributed by atoms with E-state index in [4.69, 9.17) is 63.0 Å². The molecule has 5 rings (SSSR count). The molecule has 3 aromatic carbocycles. The molecule has 0 aliphatic rings. The van der Waals surface area contributed by atoms with Crippen molar-refractivity contribution in [3.05, 3.63) is 79.6 Å². The van der Waals surface area contributed by atoms with Gasteiger partial charge in [-0.05, 0) is 60.7 Å². The van der Waals surface area contributed by atoms with E-state index in [-0.39, 0.29) is 5.11 Å². The number of anilines is 1. The van der Waals surface area contributed by atoms with Crippen LogP contribution in [0.25, 0.3) is 32.6 Å². The summed E-state index contributed by atoms with van der Waals surface area (Å²) in [5, 5.41) is 8.33. The van der Waals surface area contributed by atoms with Gasteiger partial charge >= 0.3 is 0 Å². The molecule has 0 bridgehead atoms. The van der Waals surface area contributed by atoms with Crippen molar-refractivity contribution in [2.24, 2.45) is 0 Å². The fourth-order valence-corrected chi connectivity index (χ4v) is 5.71. The highest BCUT2D eigenvalue weighted by atomic mass is 35.5. The van der Waals surface area contributed by atoms with Crippen molar-refractivity contribution in [1.29, 1.82) is 0 Å². The van der Waals surface area contributed by atoms with Crippen LogP contribution in [0.5, 0.6) is 0 Å². The fourth-order valence-electron chi connectivity index (χ4n) is 3.29. The van der Waals surface area contributed by atoms with Crippen molar-refractivity contribution < 1.29 is 9.21 Å². The number of hydrogen-bond acceptors (Lipinski definition) is 5. The van der Waals surface area contributed by atoms with Gasteiger partial charge in [-0.3, -0.25) is 10.1 Å². The third kappa shape index (κ3) is 4.60. The minimum Gasteiger partial charge on any atom is -0.435 e. The van der Waals surface area contributed by atoms with Gasteiger partial charge in [-0.25, -0.2) is 4.98 Å². The smallest absolute Gasteiger partial charge is 0.269 e. The molecule has 2 aromatic heterocycles. The maximum Gasteiger partial charge on any atom is 0.269 e. The van der Waals surface area contributed by atoms with Gasteiger partial charge in [0.2, 0.25) is 5.89 Å². The molecule has 2 heterocycles. The van der Waals surface area contributed by atoms with E-state index in [9.17, 15) is 4.79 Å². The van der Waals surface area contributed by atoms with E-state index in [2.05, 4.69) is 15.6 Å². The first-order valence-corrected chi connectivity index (χ1v) is 12.4. The van der Waals surface area contributed by atoms with Gasteiger partial charge in [0.05, 0.1) is 10.0 Å². The van der Waals surface area contributed by atoms with Crippen molar-refractivity contribution in [2.45, 2.75) is 0 Å². The van der Waals surface area contributed by atoms with Crippen LogP contribution in [-0.2, 0) is 0 Å². The number of fused-ring (bicyclic) bond motifs is 2. The molecule has 0 saturated heterocycles. The standard InChI is InChI=1S/C23H11Cl4N3O2S2/c24-11-3-6-14-17(9-11)34-20(18(14)27)21(31)30-23(33)28-13-4-1-10(2-5-13)22-29-16-8-12(25)7-15(26)19(16)32-22/h1-9H,(H2,28,30,31,33). The number of benzene rings is 3. The summed E-state index contributed by atoms with van der Waals surface area (Å²) < 4.78 is 6.60. The largest absolute Gasteiger partial charge is 0.435 e. The topological polar surface area (TPSA) is 67.2 Å². The fraction of sp³-hybridized carbons (Fsp3) is 0. The van der Waals surface area contributed by atoms with E-state index in [1.54, 1.807) is 54.6 Å². The SMILES string of the molecule is O=C(NC(=S)Nc1ccc(-c2nc3cc(Cl)cc(Cl)c3o2)cc1)c1sc2cc(Cl)ccc2c1Cl. The van der Waals surface area contributed by atoms with E-state index >= 15 is 0 Å². The van der Waals surface area contributed by atoms with Crippen LogP contribution < -0.4 is 10.6 Å². The molecule has 11 heteroatoms. The summed E-state index contributed by atoms with van der Waals surface area (Å²) in [4.78, 5) is 17.5. The number of thiophene rings is 1. The first kappa shape index (κ1) is 23.4. The summed E-state index contributed by atoms with van der Waals surface area (Å²) in [6.45, 7) is 0. The van der Waals surface area contributed by atoms with E-state index in [1.807, 2.05) is 0 Å². The van der Waals surface area contributed by atoms with Crippen LogP contribution in [0, 0.1) is 0 Å². The molecule has 0 aliphatic carbocycles. The van der Waals surface area contributed by atoms with Gasteiger partial charge in [-0.2, -0.15) is 0 Å². The molecule has 5 aromatic rings. The Bertz CT molecular complexity index is 1600. The molecule has 0 aliphatic heterocycles. The molecular weight excluding hydrogens is 556 g/mol. The number of nitrogens with zero attached hydrogens (tertiary/aromatic N) is 1. The normalized spacial score (nSPS) is 11.2. The molecular formula is C23H11Cl4N3O2S2. The highest BCUT2D eigenvalue weighted by Gasteiger charge is 2.18. The zero-order valence-electron chi connectivity index (χ0n) is 16.8. The maximum absolute atomic E-state index is 12.7. The Balaban J connectivity index is 1.29. The van der Waals surface area contributed by atoms with Crippen molar-refractivity contribution in [2.75, 3.05) is 5.32 Å². The molecule has 0 spiro atoms. The van der Waals surface area contributed by atoms with Crippen LogP contribution in [-0.4, -0.2) is 16.0 Å². The average Bonchev–Trinajstić information content (AvgIpc) is 3.35. The van der Waals surface area contributed by atoms with Gasteiger partial charge < -0.3 is 9.73 Å². The lowest BCUT2D eigenvalue weighted by molar-refractivity contribution is 0.0982. The van der Waals surface area contributed by atoms with Gasteiger partial charge in [0, 0.05) is 31.4 Å². The van der Waals surface area contributed by atoms with Gasteiger partial charge in [-0.1, -0.05) is 52.5 Å². The predicted octanol–water partition coefficient (Wildman–Crippen LogP) is 8.45. The summed E-state index contributed by atoms with van der Waals surface area (Å²) in [7, 11) is 0. The first-order valence-electron chi connectivity index (χ1n) is 9.64. The number of carbonyl (C=O) groups is 1. The van der Waals surface area contributed by atoms with Crippen molar-refractivity contribution >= 4 is 108 Å². The van der Waals surface area contributed by atoms with E-state index in [1.165, 1.54) is 11.3 Å². The summed E-state index contributed by atoms with van der Waals surface area (Å²) in [6, 6.07) is 15.7. The van der Waals surface area contributed by atoms with Crippen LogP contribution >= 0.6 is 70.0 Å². The number of rotatable bonds is 3. The van der Waals surface area contributed by atoms with E-state index < -0.39 is 5.91 Å². The third-order valence-electron chi connectivity index (χ3n) is 4.82. The zero-order chi connectivity index (χ0) is 24.0. The molecule has 0 unspecified atom stereocenters. The Kier molecular flexibility index (Phi) is 6.41. The summed E-state index contributed by atoms with van der Waals surface area (Å²) in [5.41, 5.74) is 2.44. The third-order valence-corrected chi connectivity index (χ3v) is 7.42. The Morgan fingerprint density at radius 1 is 0.971 bits per heavy atom. The van der Waals surface area contributed by atoms with E-state index in [0.717, 1.165) is 15.6 Å². The number of halogens is 4. The van der Waals surface area contributed by atoms with Crippen LogP contribution in [0.4, 0.5) is 5.69 Å². The van der Waals surface area contributed by atoms with Crippen molar-refractivity contribution in [3.63, 3.8) is 0 Å². The van der Waals surface area contributed by atoms with Crippen LogP contribution in [0.15, 0.2) is 59.0 Å². The molecule has 0 saturated carbocycles. The Hall–Kier alpha value is -2.39. The molecule has 0 atom stereocenters. The number of hydrogen-bond donors (Lipinski definition) is 2.